The molecule has 8 nitrogen and oxygen atoms in total. The Kier molecular flexibility index (Phi) is 3.99. The Hall–Kier alpha value is -2.68. The van der Waals surface area contributed by atoms with E-state index in [1.54, 1.807) is 23.4 Å². The van der Waals surface area contributed by atoms with Crippen LogP contribution in [-0.4, -0.2) is 56.2 Å². The molecule has 0 aliphatic carbocycles. The molecule has 3 aromatic heterocycles. The van der Waals surface area contributed by atoms with Gasteiger partial charge in [-0.05, 0) is 11.6 Å². The maximum atomic E-state index is 12.5. The van der Waals surface area contributed by atoms with Gasteiger partial charge in [-0.3, -0.25) is 4.98 Å². The summed E-state index contributed by atoms with van der Waals surface area (Å²) in [5, 5.41) is 7.64. The minimum Gasteiger partial charge on any atom is -0.378 e. The van der Waals surface area contributed by atoms with Crippen LogP contribution in [0.15, 0.2) is 24.8 Å². The van der Waals surface area contributed by atoms with Crippen LogP contribution in [0.4, 0.5) is 10.2 Å². The molecule has 0 unspecified atom stereocenters. The molecule has 4 rings (SSSR count). The van der Waals surface area contributed by atoms with Crippen LogP contribution in [0, 0.1) is 0 Å². The molecule has 0 amide bonds. The first-order valence-corrected chi connectivity index (χ1v) is 7.71. The van der Waals surface area contributed by atoms with Gasteiger partial charge in [-0.15, -0.1) is 5.10 Å². The fourth-order valence-corrected chi connectivity index (χ4v) is 2.73. The maximum Gasteiger partial charge on any atom is 0.158 e. The summed E-state index contributed by atoms with van der Waals surface area (Å²) in [5.74, 6) is 0.829. The lowest BCUT2D eigenvalue weighted by molar-refractivity contribution is 0.122. The second-order valence-corrected chi connectivity index (χ2v) is 5.55. The number of morpholine rings is 1. The van der Waals surface area contributed by atoms with Crippen molar-refractivity contribution < 1.29 is 9.13 Å². The lowest BCUT2D eigenvalue weighted by Crippen LogP contribution is -2.37. The average molecular weight is 329 g/mol. The molecule has 0 saturated carbocycles. The second kappa shape index (κ2) is 6.44. The van der Waals surface area contributed by atoms with Gasteiger partial charge in [0.25, 0.3) is 0 Å². The number of anilines is 1. The largest absolute Gasteiger partial charge is 0.378 e. The molecule has 0 bridgehead atoms. The Labute approximate surface area is 137 Å². The van der Waals surface area contributed by atoms with Crippen LogP contribution in [0.25, 0.3) is 11.0 Å². The van der Waals surface area contributed by atoms with E-state index < -0.39 is 6.67 Å². The summed E-state index contributed by atoms with van der Waals surface area (Å²) in [4.78, 5) is 15.4. The molecule has 0 spiro atoms. The number of rotatable bonds is 4. The number of fused-ring (bicyclic) bond motifs is 1. The smallest absolute Gasteiger partial charge is 0.158 e. The van der Waals surface area contributed by atoms with E-state index in [2.05, 4.69) is 30.2 Å². The van der Waals surface area contributed by atoms with Gasteiger partial charge in [0.15, 0.2) is 5.82 Å². The Morgan fingerprint density at radius 1 is 1.17 bits per heavy atom. The predicted molar refractivity (Wildman–Crippen MR) is 84.3 cm³/mol. The molecule has 1 fully saturated rings. The summed E-state index contributed by atoms with van der Waals surface area (Å²) in [6.45, 7) is 2.81. The van der Waals surface area contributed by atoms with Crippen LogP contribution in [0.1, 0.15) is 11.3 Å². The molecular weight excluding hydrogens is 313 g/mol. The molecule has 1 aliphatic heterocycles. The summed E-state index contributed by atoms with van der Waals surface area (Å²) in [5.41, 5.74) is 2.78. The summed E-state index contributed by atoms with van der Waals surface area (Å²) in [6.07, 6.45) is 4.91. The standard InChI is InChI=1S/C15H16FN7O/c16-6-12-9-23(21-20-12)8-11-5-13-14(17-7-11)15(19-10-18-13)22-1-3-24-4-2-22/h5,7,9-10H,1-4,6,8H2. The molecule has 3 aromatic rings. The average Bonchev–Trinajstić information content (AvgIpc) is 3.09. The van der Waals surface area contributed by atoms with Gasteiger partial charge in [0.05, 0.1) is 31.5 Å². The Balaban J connectivity index is 1.63. The van der Waals surface area contributed by atoms with Crippen molar-refractivity contribution in [3.63, 3.8) is 0 Å². The van der Waals surface area contributed by atoms with Crippen LogP contribution in [0.5, 0.6) is 0 Å². The van der Waals surface area contributed by atoms with Gasteiger partial charge in [-0.25, -0.2) is 19.0 Å². The zero-order valence-electron chi connectivity index (χ0n) is 13.0. The Bertz CT molecular complexity index is 847. The predicted octanol–water partition coefficient (Wildman–Crippen LogP) is 0.971. The van der Waals surface area contributed by atoms with Crippen molar-refractivity contribution in [3.8, 4) is 0 Å². The highest BCUT2D eigenvalue weighted by atomic mass is 19.1. The van der Waals surface area contributed by atoms with E-state index >= 15 is 0 Å². The number of hydrogen-bond donors (Lipinski definition) is 0. The molecule has 0 radical (unpaired) electrons. The monoisotopic (exact) mass is 329 g/mol. The topological polar surface area (TPSA) is 81.9 Å². The van der Waals surface area contributed by atoms with Crippen molar-refractivity contribution in [3.05, 3.63) is 36.0 Å². The van der Waals surface area contributed by atoms with E-state index in [1.165, 1.54) is 0 Å². The molecule has 1 saturated heterocycles. The van der Waals surface area contributed by atoms with Crippen LogP contribution in [-0.2, 0) is 18.0 Å². The van der Waals surface area contributed by atoms with E-state index in [-0.39, 0.29) is 0 Å². The zero-order valence-corrected chi connectivity index (χ0v) is 13.0. The first-order valence-electron chi connectivity index (χ1n) is 7.71. The molecule has 1 aliphatic rings. The van der Waals surface area contributed by atoms with Gasteiger partial charge in [-0.1, -0.05) is 5.21 Å². The number of aromatic nitrogens is 6. The lowest BCUT2D eigenvalue weighted by atomic mass is 10.2. The van der Waals surface area contributed by atoms with Crippen molar-refractivity contribution in [2.75, 3.05) is 31.2 Å². The highest BCUT2D eigenvalue weighted by molar-refractivity contribution is 5.85. The zero-order chi connectivity index (χ0) is 16.4. The number of nitrogens with zero attached hydrogens (tertiary/aromatic N) is 7. The number of ether oxygens (including phenoxy) is 1. The molecule has 24 heavy (non-hydrogen) atoms. The molecule has 0 aromatic carbocycles. The van der Waals surface area contributed by atoms with Crippen molar-refractivity contribution in [1.82, 2.24) is 29.9 Å². The van der Waals surface area contributed by atoms with E-state index in [4.69, 9.17) is 4.74 Å². The second-order valence-electron chi connectivity index (χ2n) is 5.55. The first kappa shape index (κ1) is 14.9. The van der Waals surface area contributed by atoms with E-state index in [0.717, 1.165) is 35.5 Å². The van der Waals surface area contributed by atoms with Gasteiger partial charge in [0, 0.05) is 19.3 Å². The summed E-state index contributed by atoms with van der Waals surface area (Å²) >= 11 is 0. The summed E-state index contributed by atoms with van der Waals surface area (Å²) < 4.78 is 19.5. The fraction of sp³-hybridized carbons (Fsp3) is 0.400. The molecule has 0 atom stereocenters. The quantitative estimate of drug-likeness (QED) is 0.705. The summed E-state index contributed by atoms with van der Waals surface area (Å²) in [6, 6.07) is 1.95. The van der Waals surface area contributed by atoms with Crippen LogP contribution < -0.4 is 4.90 Å². The van der Waals surface area contributed by atoms with Crippen LogP contribution in [0.2, 0.25) is 0 Å². The number of alkyl halides is 1. The lowest BCUT2D eigenvalue weighted by Gasteiger charge is -2.28. The third-order valence-electron chi connectivity index (χ3n) is 3.89. The van der Waals surface area contributed by atoms with E-state index in [9.17, 15) is 4.39 Å². The number of hydrogen-bond acceptors (Lipinski definition) is 7. The molecule has 124 valence electrons. The van der Waals surface area contributed by atoms with Gasteiger partial charge in [-0.2, -0.15) is 0 Å². The van der Waals surface area contributed by atoms with Crippen molar-refractivity contribution in [1.29, 1.82) is 0 Å². The van der Waals surface area contributed by atoms with Crippen LogP contribution >= 0.6 is 0 Å². The minimum absolute atomic E-state index is 0.320. The van der Waals surface area contributed by atoms with Gasteiger partial charge in [0.2, 0.25) is 0 Å². The number of halogens is 1. The van der Waals surface area contributed by atoms with Gasteiger partial charge < -0.3 is 9.64 Å². The van der Waals surface area contributed by atoms with Crippen molar-refractivity contribution in [2.24, 2.45) is 0 Å². The SMILES string of the molecule is FCc1cn(Cc2cnc3c(N4CCOCC4)ncnc3c2)nn1. The van der Waals surface area contributed by atoms with Crippen molar-refractivity contribution >= 4 is 16.9 Å². The molecule has 9 heteroatoms. The Morgan fingerprint density at radius 3 is 2.83 bits per heavy atom. The normalized spacial score (nSPS) is 15.1. The fourth-order valence-electron chi connectivity index (χ4n) is 2.73. The highest BCUT2D eigenvalue weighted by Gasteiger charge is 2.16. The third kappa shape index (κ3) is 2.90. The maximum absolute atomic E-state index is 12.5. The van der Waals surface area contributed by atoms with Crippen molar-refractivity contribution in [2.45, 2.75) is 13.2 Å². The van der Waals surface area contributed by atoms with Gasteiger partial charge >= 0.3 is 0 Å². The first-order chi connectivity index (χ1) is 11.8. The van der Waals surface area contributed by atoms with E-state index in [0.29, 0.717) is 25.5 Å². The molecule has 0 N–H and O–H groups in total. The van der Waals surface area contributed by atoms with E-state index in [1.807, 2.05) is 6.07 Å². The van der Waals surface area contributed by atoms with Gasteiger partial charge in [0.1, 0.15) is 24.2 Å². The summed E-state index contributed by atoms with van der Waals surface area (Å²) in [7, 11) is 0. The Morgan fingerprint density at radius 2 is 2.04 bits per heavy atom. The highest BCUT2D eigenvalue weighted by Crippen LogP contribution is 2.22. The third-order valence-corrected chi connectivity index (χ3v) is 3.89. The molecule has 4 heterocycles. The minimum atomic E-state index is -0.619. The molecular formula is C15H16FN7O. The van der Waals surface area contributed by atoms with Crippen LogP contribution in [0.3, 0.4) is 0 Å². The number of pyridine rings is 1.